The normalized spacial score (nSPS) is 21.3. The minimum absolute atomic E-state index is 0.0953. The van der Waals surface area contributed by atoms with E-state index in [0.717, 1.165) is 18.5 Å². The molecule has 0 saturated carbocycles. The molecule has 0 spiro atoms. The summed E-state index contributed by atoms with van der Waals surface area (Å²) in [6.07, 6.45) is 6.64. The van der Waals surface area contributed by atoms with Crippen molar-refractivity contribution in [2.45, 2.75) is 71.0 Å². The van der Waals surface area contributed by atoms with Crippen molar-refractivity contribution in [3.05, 3.63) is 18.0 Å². The summed E-state index contributed by atoms with van der Waals surface area (Å²) in [6, 6.07) is 2.66. The molecule has 2 unspecified atom stereocenters. The Morgan fingerprint density at radius 1 is 1.35 bits per heavy atom. The molecule has 0 aromatic carbocycles. The molecule has 1 saturated heterocycles. The first-order valence-corrected chi connectivity index (χ1v) is 8.02. The molecule has 0 aliphatic carbocycles. The lowest BCUT2D eigenvalue weighted by Gasteiger charge is -2.42. The second-order valence-electron chi connectivity index (χ2n) is 6.60. The van der Waals surface area contributed by atoms with Gasteiger partial charge >= 0.3 is 0 Å². The van der Waals surface area contributed by atoms with E-state index >= 15 is 0 Å². The van der Waals surface area contributed by atoms with Gasteiger partial charge in [-0.3, -0.25) is 9.58 Å². The Morgan fingerprint density at radius 3 is 2.50 bits per heavy atom. The molecule has 1 fully saturated rings. The summed E-state index contributed by atoms with van der Waals surface area (Å²) in [6.45, 7) is 11.3. The fraction of sp³-hybridized carbons (Fsp3) is 0.812. The largest absolute Gasteiger partial charge is 0.326 e. The Bertz CT molecular complexity index is 420. The highest BCUT2D eigenvalue weighted by Crippen LogP contribution is 2.28. The third-order valence-electron chi connectivity index (χ3n) is 4.96. The number of rotatable bonds is 6. The predicted molar refractivity (Wildman–Crippen MR) is 83.8 cm³/mol. The van der Waals surface area contributed by atoms with Gasteiger partial charge in [0.25, 0.3) is 0 Å². The maximum Gasteiger partial charge on any atom is 0.0640 e. The smallest absolute Gasteiger partial charge is 0.0640 e. The van der Waals surface area contributed by atoms with E-state index < -0.39 is 0 Å². The van der Waals surface area contributed by atoms with Crippen LogP contribution in [0.5, 0.6) is 0 Å². The van der Waals surface area contributed by atoms with Crippen molar-refractivity contribution in [1.29, 1.82) is 0 Å². The first-order valence-electron chi connectivity index (χ1n) is 8.02. The van der Waals surface area contributed by atoms with Crippen molar-refractivity contribution in [2.75, 3.05) is 13.1 Å². The van der Waals surface area contributed by atoms with Crippen molar-refractivity contribution >= 4 is 0 Å². The van der Waals surface area contributed by atoms with Crippen LogP contribution < -0.4 is 5.73 Å². The van der Waals surface area contributed by atoms with E-state index in [1.54, 1.807) is 0 Å². The van der Waals surface area contributed by atoms with Crippen LogP contribution in [0.1, 0.15) is 58.7 Å². The summed E-state index contributed by atoms with van der Waals surface area (Å²) < 4.78 is 2.02. The molecule has 2 N–H and O–H groups in total. The molecule has 20 heavy (non-hydrogen) atoms. The topological polar surface area (TPSA) is 47.1 Å². The third kappa shape index (κ3) is 3.07. The van der Waals surface area contributed by atoms with E-state index in [0.29, 0.717) is 6.04 Å². The Kier molecular flexibility index (Phi) is 4.86. The lowest BCUT2D eigenvalue weighted by atomic mass is 9.85. The molecular weight excluding hydrogens is 248 g/mol. The molecule has 0 amide bonds. The molecule has 4 nitrogen and oxygen atoms in total. The maximum absolute atomic E-state index is 6.57. The average Bonchev–Trinajstić information content (AvgIpc) is 3.08. The Hall–Kier alpha value is -0.870. The number of hydrogen-bond acceptors (Lipinski definition) is 3. The average molecular weight is 278 g/mol. The fourth-order valence-electron chi connectivity index (χ4n) is 3.17. The lowest BCUT2D eigenvalue weighted by molar-refractivity contribution is 0.0994. The Morgan fingerprint density at radius 2 is 2.00 bits per heavy atom. The minimum atomic E-state index is 0.0953. The van der Waals surface area contributed by atoms with Crippen LogP contribution in [-0.2, 0) is 6.42 Å². The highest BCUT2D eigenvalue weighted by atomic mass is 15.3. The zero-order valence-electron chi connectivity index (χ0n) is 13.5. The van der Waals surface area contributed by atoms with Crippen molar-refractivity contribution in [2.24, 2.45) is 5.73 Å². The molecule has 4 heteroatoms. The van der Waals surface area contributed by atoms with Crippen LogP contribution in [0.15, 0.2) is 12.3 Å². The number of nitrogens with two attached hydrogens (primary N) is 1. The van der Waals surface area contributed by atoms with Crippen LogP contribution >= 0.6 is 0 Å². The number of likely N-dealkylation sites (tertiary alicyclic amines) is 1. The quantitative estimate of drug-likeness (QED) is 0.870. The van der Waals surface area contributed by atoms with Gasteiger partial charge in [0.2, 0.25) is 0 Å². The van der Waals surface area contributed by atoms with Gasteiger partial charge in [-0.05, 0) is 59.2 Å². The van der Waals surface area contributed by atoms with Gasteiger partial charge in [-0.1, -0.05) is 6.92 Å². The van der Waals surface area contributed by atoms with E-state index in [1.165, 1.54) is 25.9 Å². The zero-order valence-corrected chi connectivity index (χ0v) is 13.5. The van der Waals surface area contributed by atoms with Crippen molar-refractivity contribution < 1.29 is 0 Å². The van der Waals surface area contributed by atoms with Gasteiger partial charge < -0.3 is 5.73 Å². The summed E-state index contributed by atoms with van der Waals surface area (Å²) >= 11 is 0. The molecule has 0 bridgehead atoms. The summed E-state index contributed by atoms with van der Waals surface area (Å²) in [5.74, 6) is 0. The summed E-state index contributed by atoms with van der Waals surface area (Å²) in [5.41, 5.74) is 7.78. The van der Waals surface area contributed by atoms with Gasteiger partial charge in [0.05, 0.1) is 5.69 Å². The molecule has 2 atom stereocenters. The summed E-state index contributed by atoms with van der Waals surface area (Å²) in [5, 5.41) is 4.64. The van der Waals surface area contributed by atoms with E-state index in [1.807, 2.05) is 4.68 Å². The van der Waals surface area contributed by atoms with Crippen LogP contribution in [0.25, 0.3) is 0 Å². The first-order chi connectivity index (χ1) is 9.47. The Balaban J connectivity index is 2.06. The van der Waals surface area contributed by atoms with Crippen LogP contribution in [0.2, 0.25) is 0 Å². The molecule has 1 aromatic heterocycles. The summed E-state index contributed by atoms with van der Waals surface area (Å²) in [7, 11) is 0. The van der Waals surface area contributed by atoms with Crippen LogP contribution in [0.4, 0.5) is 0 Å². The van der Waals surface area contributed by atoms with Gasteiger partial charge in [0.1, 0.15) is 0 Å². The van der Waals surface area contributed by atoms with E-state index in [2.05, 4.69) is 50.0 Å². The van der Waals surface area contributed by atoms with Gasteiger partial charge in [-0.15, -0.1) is 0 Å². The predicted octanol–water partition coefficient (Wildman–Crippen LogP) is 2.60. The second kappa shape index (κ2) is 6.27. The molecular formula is C16H30N4. The highest BCUT2D eigenvalue weighted by Gasteiger charge is 2.37. The molecule has 1 aliphatic rings. The van der Waals surface area contributed by atoms with E-state index in [-0.39, 0.29) is 11.6 Å². The molecule has 1 aromatic rings. The van der Waals surface area contributed by atoms with Gasteiger partial charge in [-0.25, -0.2) is 0 Å². The van der Waals surface area contributed by atoms with Crippen LogP contribution in [0.3, 0.4) is 0 Å². The van der Waals surface area contributed by atoms with Crippen LogP contribution in [0, 0.1) is 0 Å². The molecule has 0 radical (unpaired) electrons. The standard InChI is InChI=1S/C16H30N4/c1-5-16(4,19-9-6-7-10-19)15(17)12-14-8-11-20(18-14)13(2)3/h8,11,13,15H,5-7,9-10,12,17H2,1-4H3. The number of hydrogen-bond donors (Lipinski definition) is 1. The lowest BCUT2D eigenvalue weighted by Crippen LogP contribution is -2.57. The number of aromatic nitrogens is 2. The van der Waals surface area contributed by atoms with Crippen molar-refractivity contribution in [3.63, 3.8) is 0 Å². The zero-order chi connectivity index (χ0) is 14.8. The van der Waals surface area contributed by atoms with Gasteiger partial charge in [-0.2, -0.15) is 5.10 Å². The molecule has 114 valence electrons. The molecule has 1 aliphatic heterocycles. The van der Waals surface area contributed by atoms with E-state index in [9.17, 15) is 0 Å². The third-order valence-corrected chi connectivity index (χ3v) is 4.96. The van der Waals surface area contributed by atoms with Crippen LogP contribution in [-0.4, -0.2) is 39.4 Å². The fourth-order valence-corrected chi connectivity index (χ4v) is 3.17. The second-order valence-corrected chi connectivity index (χ2v) is 6.60. The Labute approximate surface area is 123 Å². The summed E-state index contributed by atoms with van der Waals surface area (Å²) in [4.78, 5) is 2.58. The minimum Gasteiger partial charge on any atom is -0.326 e. The number of nitrogens with zero attached hydrogens (tertiary/aromatic N) is 3. The maximum atomic E-state index is 6.57. The SMILES string of the molecule is CCC(C)(C(N)Cc1ccn(C(C)C)n1)N1CCCC1. The van der Waals surface area contributed by atoms with Gasteiger partial charge in [0, 0.05) is 30.2 Å². The first kappa shape index (κ1) is 15.5. The van der Waals surface area contributed by atoms with Gasteiger partial charge in [0.15, 0.2) is 0 Å². The monoisotopic (exact) mass is 278 g/mol. The van der Waals surface area contributed by atoms with Crippen molar-refractivity contribution in [3.8, 4) is 0 Å². The highest BCUT2D eigenvalue weighted by molar-refractivity contribution is 5.07. The van der Waals surface area contributed by atoms with Crippen molar-refractivity contribution in [1.82, 2.24) is 14.7 Å². The molecule has 2 heterocycles. The molecule has 2 rings (SSSR count). The van der Waals surface area contributed by atoms with E-state index in [4.69, 9.17) is 5.73 Å².